The second-order valence-corrected chi connectivity index (χ2v) is 6.70. The molecule has 2 amide bonds. The van der Waals surface area contributed by atoms with Gasteiger partial charge in [0.25, 0.3) is 5.91 Å². The van der Waals surface area contributed by atoms with Crippen molar-refractivity contribution in [2.75, 3.05) is 13.1 Å². The molecule has 1 atom stereocenters. The van der Waals surface area contributed by atoms with Gasteiger partial charge in [-0.15, -0.1) is 0 Å². The predicted molar refractivity (Wildman–Crippen MR) is 95.3 cm³/mol. The number of rotatable bonds is 3. The number of nitrogens with one attached hydrogen (secondary N) is 1. The fourth-order valence-corrected chi connectivity index (χ4v) is 3.83. The van der Waals surface area contributed by atoms with Gasteiger partial charge in [-0.05, 0) is 31.9 Å². The molecule has 1 aromatic carbocycles. The van der Waals surface area contributed by atoms with Crippen LogP contribution >= 0.6 is 11.6 Å². The van der Waals surface area contributed by atoms with E-state index in [9.17, 15) is 14.0 Å². The molecule has 1 aromatic heterocycles. The molecule has 2 aromatic rings. The van der Waals surface area contributed by atoms with Crippen LogP contribution in [0, 0.1) is 12.7 Å². The van der Waals surface area contributed by atoms with Crippen LogP contribution in [0.5, 0.6) is 0 Å². The number of amides is 2. The molecule has 1 aliphatic rings. The third-order valence-corrected chi connectivity index (χ3v) is 5.23. The van der Waals surface area contributed by atoms with E-state index in [1.807, 2.05) is 0 Å². The summed E-state index contributed by atoms with van der Waals surface area (Å²) in [6.07, 6.45) is 2.74. The summed E-state index contributed by atoms with van der Waals surface area (Å²) in [5.74, 6) is -1.64. The summed E-state index contributed by atoms with van der Waals surface area (Å²) in [4.78, 5) is 28.3. The van der Waals surface area contributed by atoms with Crippen molar-refractivity contribution >= 4 is 34.3 Å². The number of fused-ring (bicyclic) bond motifs is 1. The molecule has 1 fully saturated rings. The number of primary amides is 1. The summed E-state index contributed by atoms with van der Waals surface area (Å²) in [5, 5.41) is 0.852. The topological polar surface area (TPSA) is 79.2 Å². The van der Waals surface area contributed by atoms with E-state index in [1.165, 1.54) is 6.08 Å². The molecule has 0 spiro atoms. The first kappa shape index (κ1) is 17.5. The number of benzene rings is 1. The Labute approximate surface area is 149 Å². The molecule has 0 radical (unpaired) electrons. The lowest BCUT2D eigenvalue weighted by Crippen LogP contribution is -2.38. The second kappa shape index (κ2) is 6.52. The second-order valence-electron chi connectivity index (χ2n) is 6.33. The molecule has 132 valence electrons. The van der Waals surface area contributed by atoms with Crippen LogP contribution in [0.1, 0.15) is 40.4 Å². The maximum Gasteiger partial charge on any atom is 0.250 e. The van der Waals surface area contributed by atoms with Crippen molar-refractivity contribution in [3.05, 3.63) is 46.4 Å². The lowest BCUT2D eigenvalue weighted by molar-refractivity contribution is -0.127. The Morgan fingerprint density at radius 2 is 2.24 bits per heavy atom. The zero-order valence-corrected chi connectivity index (χ0v) is 14.6. The lowest BCUT2D eigenvalue weighted by Gasteiger charge is -2.33. The van der Waals surface area contributed by atoms with Gasteiger partial charge in [0.15, 0.2) is 0 Å². The van der Waals surface area contributed by atoms with E-state index in [0.717, 1.165) is 18.9 Å². The average Bonchev–Trinajstić information content (AvgIpc) is 2.88. The molecule has 1 aliphatic heterocycles. The van der Waals surface area contributed by atoms with Gasteiger partial charge in [-0.25, -0.2) is 4.39 Å². The molecule has 2 heterocycles. The van der Waals surface area contributed by atoms with Crippen molar-refractivity contribution in [2.45, 2.75) is 25.7 Å². The van der Waals surface area contributed by atoms with Crippen molar-refractivity contribution in [1.29, 1.82) is 0 Å². The Morgan fingerprint density at radius 3 is 2.88 bits per heavy atom. The fourth-order valence-electron chi connectivity index (χ4n) is 3.59. The largest absolute Gasteiger partial charge is 0.366 e. The molecule has 1 unspecified atom stereocenters. The van der Waals surface area contributed by atoms with Crippen LogP contribution in [-0.2, 0) is 4.79 Å². The van der Waals surface area contributed by atoms with Crippen LogP contribution < -0.4 is 5.73 Å². The SMILES string of the molecule is C=CC(=O)N1CCCC(c2c(F)cc(C(N)=O)c3[nH]c(C)c(Cl)c23)C1. The highest BCUT2D eigenvalue weighted by Crippen LogP contribution is 2.40. The van der Waals surface area contributed by atoms with Gasteiger partial charge < -0.3 is 15.6 Å². The van der Waals surface area contributed by atoms with Crippen molar-refractivity contribution in [1.82, 2.24) is 9.88 Å². The van der Waals surface area contributed by atoms with E-state index in [1.54, 1.807) is 11.8 Å². The Hall–Kier alpha value is -2.34. The van der Waals surface area contributed by atoms with Gasteiger partial charge in [0.1, 0.15) is 5.82 Å². The zero-order chi connectivity index (χ0) is 18.3. The number of nitrogens with two attached hydrogens (primary N) is 1. The molecule has 7 heteroatoms. The molecule has 3 N–H and O–H groups in total. The van der Waals surface area contributed by atoms with Crippen LogP contribution in [0.15, 0.2) is 18.7 Å². The van der Waals surface area contributed by atoms with Crippen molar-refractivity contribution in [3.8, 4) is 0 Å². The number of halogens is 2. The maximum absolute atomic E-state index is 14.9. The Bertz CT molecular complexity index is 890. The number of carbonyl (C=O) groups excluding carboxylic acids is 2. The molecule has 0 aliphatic carbocycles. The third kappa shape index (κ3) is 2.91. The van der Waals surface area contributed by atoms with E-state index in [4.69, 9.17) is 17.3 Å². The van der Waals surface area contributed by atoms with Gasteiger partial charge in [-0.1, -0.05) is 18.2 Å². The quantitative estimate of drug-likeness (QED) is 0.821. The van der Waals surface area contributed by atoms with Crippen LogP contribution in [0.3, 0.4) is 0 Å². The van der Waals surface area contributed by atoms with Gasteiger partial charge in [0, 0.05) is 35.7 Å². The van der Waals surface area contributed by atoms with Gasteiger partial charge in [0.2, 0.25) is 5.91 Å². The smallest absolute Gasteiger partial charge is 0.250 e. The molecule has 0 bridgehead atoms. The summed E-state index contributed by atoms with van der Waals surface area (Å²) < 4.78 is 14.9. The lowest BCUT2D eigenvalue weighted by atomic mass is 9.87. The van der Waals surface area contributed by atoms with Crippen LogP contribution in [0.25, 0.3) is 10.9 Å². The molecule has 0 saturated carbocycles. The summed E-state index contributed by atoms with van der Waals surface area (Å²) >= 11 is 6.39. The monoisotopic (exact) mass is 363 g/mol. The first-order valence-corrected chi connectivity index (χ1v) is 8.44. The van der Waals surface area contributed by atoms with Gasteiger partial charge in [-0.3, -0.25) is 9.59 Å². The highest BCUT2D eigenvalue weighted by Gasteiger charge is 2.30. The molecular formula is C18H19ClFN3O2. The molecule has 5 nitrogen and oxygen atoms in total. The number of aromatic amines is 1. The molecular weight excluding hydrogens is 345 g/mol. The normalized spacial score (nSPS) is 17.7. The highest BCUT2D eigenvalue weighted by molar-refractivity contribution is 6.37. The van der Waals surface area contributed by atoms with Crippen LogP contribution in [-0.4, -0.2) is 34.8 Å². The maximum atomic E-state index is 14.9. The average molecular weight is 364 g/mol. The number of hydrogen-bond donors (Lipinski definition) is 2. The van der Waals surface area contributed by atoms with Gasteiger partial charge >= 0.3 is 0 Å². The van der Waals surface area contributed by atoms with Crippen LogP contribution in [0.2, 0.25) is 5.02 Å². The van der Waals surface area contributed by atoms with Crippen molar-refractivity contribution in [3.63, 3.8) is 0 Å². The number of nitrogens with zero attached hydrogens (tertiary/aromatic N) is 1. The van der Waals surface area contributed by atoms with E-state index >= 15 is 0 Å². The standard InChI is InChI=1S/C18H19ClFN3O2/c1-3-13(24)23-6-4-5-10(8-23)14-12(20)7-11(18(21)25)17-15(14)16(19)9(2)22-17/h3,7,10,22H,1,4-6,8H2,2H3,(H2,21,25). The first-order valence-electron chi connectivity index (χ1n) is 8.06. The van der Waals surface area contributed by atoms with E-state index in [0.29, 0.717) is 40.3 Å². The third-order valence-electron chi connectivity index (χ3n) is 4.76. The highest BCUT2D eigenvalue weighted by atomic mass is 35.5. The number of hydrogen-bond acceptors (Lipinski definition) is 2. The van der Waals surface area contributed by atoms with Gasteiger partial charge in [0.05, 0.1) is 16.1 Å². The fraction of sp³-hybridized carbons (Fsp3) is 0.333. The Balaban J connectivity index is 2.17. The summed E-state index contributed by atoms with van der Waals surface area (Å²) in [6.45, 7) is 6.26. The Kier molecular flexibility index (Phi) is 4.56. The van der Waals surface area contributed by atoms with Crippen molar-refractivity contribution in [2.24, 2.45) is 5.73 Å². The number of carbonyl (C=O) groups is 2. The molecule has 1 saturated heterocycles. The minimum absolute atomic E-state index is 0.0704. The predicted octanol–water partition coefficient (Wildman–Crippen LogP) is 3.26. The van der Waals surface area contributed by atoms with Crippen molar-refractivity contribution < 1.29 is 14.0 Å². The summed E-state index contributed by atoms with van der Waals surface area (Å²) in [7, 11) is 0. The number of piperidine rings is 1. The van der Waals surface area contributed by atoms with E-state index in [-0.39, 0.29) is 17.4 Å². The molecule has 25 heavy (non-hydrogen) atoms. The number of aromatic nitrogens is 1. The molecule has 3 rings (SSSR count). The minimum atomic E-state index is -0.722. The first-order chi connectivity index (χ1) is 11.8. The minimum Gasteiger partial charge on any atom is -0.366 e. The van der Waals surface area contributed by atoms with Gasteiger partial charge in [-0.2, -0.15) is 0 Å². The van der Waals surface area contributed by atoms with Crippen LogP contribution in [0.4, 0.5) is 4.39 Å². The van der Waals surface area contributed by atoms with E-state index < -0.39 is 11.7 Å². The number of aryl methyl sites for hydroxylation is 1. The number of H-pyrrole nitrogens is 1. The Morgan fingerprint density at radius 1 is 1.52 bits per heavy atom. The summed E-state index contributed by atoms with van der Waals surface area (Å²) in [5.41, 5.74) is 6.96. The zero-order valence-electron chi connectivity index (χ0n) is 13.9. The number of likely N-dealkylation sites (tertiary alicyclic amines) is 1. The van der Waals surface area contributed by atoms with E-state index in [2.05, 4.69) is 11.6 Å². The summed E-state index contributed by atoms with van der Waals surface area (Å²) in [6, 6.07) is 1.15.